The van der Waals surface area contributed by atoms with Crippen molar-refractivity contribution in [3.8, 4) is 0 Å². The van der Waals surface area contributed by atoms with Gasteiger partial charge in [-0.15, -0.1) is 0 Å². The summed E-state index contributed by atoms with van der Waals surface area (Å²) in [5, 5.41) is 3.73. The highest BCUT2D eigenvalue weighted by Crippen LogP contribution is 2.20. The first-order valence-electron chi connectivity index (χ1n) is 5.87. The van der Waals surface area contributed by atoms with Gasteiger partial charge >= 0.3 is 0 Å². The molecule has 0 spiro atoms. The van der Waals surface area contributed by atoms with Crippen molar-refractivity contribution in [1.29, 1.82) is 0 Å². The number of hydrazone groups is 1. The molecule has 0 unspecified atom stereocenters. The first kappa shape index (κ1) is 15.2. The van der Waals surface area contributed by atoms with Gasteiger partial charge in [-0.2, -0.15) is 13.9 Å². The van der Waals surface area contributed by atoms with Gasteiger partial charge in [0.1, 0.15) is 11.5 Å². The molecular weight excluding hydrogens is 300 g/mol. The number of halogens is 2. The quantitative estimate of drug-likeness (QED) is 0.658. The lowest BCUT2D eigenvalue weighted by Crippen LogP contribution is -2.17. The second-order valence-corrected chi connectivity index (χ2v) is 4.79. The average molecular weight is 311 g/mol. The minimum atomic E-state index is -2.44. The maximum absolute atomic E-state index is 12.0. The molecule has 2 rings (SSSR count). The smallest absolute Gasteiger partial charge is 0.284 e. The average Bonchev–Trinajstić information content (AvgIpc) is 2.94. The predicted octanol–water partition coefficient (Wildman–Crippen LogP) is 2.89. The number of nitrogens with zero attached hydrogens (tertiary/aromatic N) is 2. The monoisotopic (exact) mass is 311 g/mol. The van der Waals surface area contributed by atoms with Crippen molar-refractivity contribution in [3.63, 3.8) is 0 Å². The summed E-state index contributed by atoms with van der Waals surface area (Å²) in [5.41, 5.74) is 2.69. The molecule has 0 saturated carbocycles. The van der Waals surface area contributed by atoms with Crippen LogP contribution in [0.3, 0.4) is 0 Å². The van der Waals surface area contributed by atoms with Crippen LogP contribution < -0.4 is 5.43 Å². The maximum Gasteiger partial charge on any atom is 0.284 e. The summed E-state index contributed by atoms with van der Waals surface area (Å²) in [6.45, 7) is 0. The Bertz CT molecular complexity index is 617. The van der Waals surface area contributed by atoms with Crippen LogP contribution in [0.15, 0.2) is 46.2 Å². The Morgan fingerprint density at radius 1 is 1.48 bits per heavy atom. The van der Waals surface area contributed by atoms with Gasteiger partial charge in [0.15, 0.2) is 0 Å². The van der Waals surface area contributed by atoms with Crippen LogP contribution in [-0.4, -0.2) is 22.9 Å². The van der Waals surface area contributed by atoms with Gasteiger partial charge in [-0.1, -0.05) is 11.8 Å². The van der Waals surface area contributed by atoms with E-state index in [1.54, 1.807) is 30.5 Å². The topological polar surface area (TPSA) is 67.5 Å². The molecule has 5 nitrogen and oxygen atoms in total. The molecule has 1 amide bonds. The van der Waals surface area contributed by atoms with Crippen molar-refractivity contribution in [2.45, 2.75) is 11.5 Å². The lowest BCUT2D eigenvalue weighted by atomic mass is 10.3. The van der Waals surface area contributed by atoms with E-state index in [1.165, 1.54) is 12.4 Å². The van der Waals surface area contributed by atoms with E-state index in [0.29, 0.717) is 28.8 Å². The van der Waals surface area contributed by atoms with Gasteiger partial charge in [0.25, 0.3) is 11.7 Å². The molecule has 0 saturated heterocycles. The fraction of sp³-hybridized carbons (Fsp3) is 0.154. The van der Waals surface area contributed by atoms with Gasteiger partial charge in [0.05, 0.1) is 17.5 Å². The number of pyridine rings is 1. The fourth-order valence-corrected chi connectivity index (χ4v) is 1.85. The first-order valence-corrected chi connectivity index (χ1v) is 6.92. The second-order valence-electron chi connectivity index (χ2n) is 3.82. The number of furan rings is 1. The molecule has 110 valence electrons. The Kier molecular flexibility index (Phi) is 5.44. The summed E-state index contributed by atoms with van der Waals surface area (Å²) in [6, 6.07) is 6.41. The number of nitrogens with one attached hydrogen (secondary N) is 1. The molecule has 0 aromatic carbocycles. The number of amides is 1. The molecule has 0 atom stereocenters. The molecule has 0 aliphatic rings. The van der Waals surface area contributed by atoms with Gasteiger partial charge in [0, 0.05) is 12.4 Å². The van der Waals surface area contributed by atoms with Crippen LogP contribution in [0.2, 0.25) is 0 Å². The lowest BCUT2D eigenvalue weighted by molar-refractivity contribution is 0.0954. The maximum atomic E-state index is 12.0. The molecule has 0 aliphatic carbocycles. The Morgan fingerprint density at radius 3 is 3.05 bits per heavy atom. The standard InChI is InChI=1S/C13H11F2N3O2S/c14-13(15)21-8-11-4-3-10(20-11)7-17-18-12(19)9-2-1-5-16-6-9/h1-7,13H,8H2,(H,18,19)/b17-7-. The third kappa shape index (κ3) is 4.99. The zero-order valence-corrected chi connectivity index (χ0v) is 11.5. The van der Waals surface area contributed by atoms with Gasteiger partial charge in [-0.25, -0.2) is 5.43 Å². The van der Waals surface area contributed by atoms with Gasteiger partial charge < -0.3 is 4.42 Å². The summed E-state index contributed by atoms with van der Waals surface area (Å²) in [4.78, 5) is 15.5. The summed E-state index contributed by atoms with van der Waals surface area (Å²) < 4.78 is 29.3. The van der Waals surface area contributed by atoms with E-state index in [0.717, 1.165) is 0 Å². The fourth-order valence-electron chi connectivity index (χ4n) is 1.40. The molecule has 0 radical (unpaired) electrons. The van der Waals surface area contributed by atoms with E-state index < -0.39 is 11.7 Å². The van der Waals surface area contributed by atoms with E-state index in [-0.39, 0.29) is 5.75 Å². The largest absolute Gasteiger partial charge is 0.459 e. The summed E-state index contributed by atoms with van der Waals surface area (Å²) in [7, 11) is 0. The van der Waals surface area contributed by atoms with Crippen LogP contribution in [0.25, 0.3) is 0 Å². The highest BCUT2D eigenvalue weighted by atomic mass is 32.2. The molecule has 21 heavy (non-hydrogen) atoms. The number of hydrogen-bond acceptors (Lipinski definition) is 5. The van der Waals surface area contributed by atoms with E-state index in [2.05, 4.69) is 15.5 Å². The van der Waals surface area contributed by atoms with Crippen LogP contribution in [0.5, 0.6) is 0 Å². The molecule has 0 bridgehead atoms. The highest BCUT2D eigenvalue weighted by Gasteiger charge is 2.07. The van der Waals surface area contributed by atoms with Crippen LogP contribution >= 0.6 is 11.8 Å². The number of aromatic nitrogens is 1. The van der Waals surface area contributed by atoms with Crippen LogP contribution in [0, 0.1) is 0 Å². The molecule has 0 aliphatic heterocycles. The Morgan fingerprint density at radius 2 is 2.33 bits per heavy atom. The van der Waals surface area contributed by atoms with Gasteiger partial charge in [0.2, 0.25) is 0 Å². The molecule has 2 heterocycles. The van der Waals surface area contributed by atoms with Crippen LogP contribution in [0.4, 0.5) is 8.78 Å². The number of alkyl halides is 2. The van der Waals surface area contributed by atoms with E-state index >= 15 is 0 Å². The summed E-state index contributed by atoms with van der Waals surface area (Å²) in [6.07, 6.45) is 4.27. The lowest BCUT2D eigenvalue weighted by Gasteiger charge is -1.97. The van der Waals surface area contributed by atoms with Crippen LogP contribution in [-0.2, 0) is 5.75 Å². The molecule has 1 N–H and O–H groups in total. The van der Waals surface area contributed by atoms with Crippen molar-refractivity contribution in [3.05, 3.63) is 53.7 Å². The Labute approximate surface area is 123 Å². The van der Waals surface area contributed by atoms with E-state index in [1.807, 2.05) is 0 Å². The van der Waals surface area contributed by atoms with E-state index in [4.69, 9.17) is 4.42 Å². The summed E-state index contributed by atoms with van der Waals surface area (Å²) in [5.74, 6) is -1.98. The van der Waals surface area contributed by atoms with Gasteiger partial charge in [-0.3, -0.25) is 9.78 Å². The van der Waals surface area contributed by atoms with Crippen molar-refractivity contribution in [1.82, 2.24) is 10.4 Å². The number of thioether (sulfide) groups is 1. The zero-order valence-electron chi connectivity index (χ0n) is 10.7. The van der Waals surface area contributed by atoms with Crippen molar-refractivity contribution in [2.24, 2.45) is 5.10 Å². The molecular formula is C13H11F2N3O2S. The summed E-state index contributed by atoms with van der Waals surface area (Å²) >= 11 is 0.475. The normalized spacial score (nSPS) is 11.2. The molecule has 8 heteroatoms. The van der Waals surface area contributed by atoms with Crippen molar-refractivity contribution in [2.75, 3.05) is 0 Å². The first-order chi connectivity index (χ1) is 10.1. The van der Waals surface area contributed by atoms with Crippen molar-refractivity contribution >= 4 is 23.9 Å². The Hall–Kier alpha value is -2.22. The minimum absolute atomic E-state index is 0.0769. The second kappa shape index (κ2) is 7.53. The van der Waals surface area contributed by atoms with Crippen molar-refractivity contribution < 1.29 is 18.0 Å². The highest BCUT2D eigenvalue weighted by molar-refractivity contribution is 7.98. The molecule has 2 aromatic heterocycles. The third-order valence-corrected chi connectivity index (χ3v) is 3.02. The van der Waals surface area contributed by atoms with Gasteiger partial charge in [-0.05, 0) is 24.3 Å². The third-order valence-electron chi connectivity index (χ3n) is 2.32. The predicted molar refractivity (Wildman–Crippen MR) is 75.3 cm³/mol. The molecule has 0 fully saturated rings. The minimum Gasteiger partial charge on any atom is -0.459 e. The number of hydrogen-bond donors (Lipinski definition) is 1. The number of carbonyl (C=O) groups excluding carboxylic acids is 1. The Balaban J connectivity index is 1.86. The van der Waals surface area contributed by atoms with Crippen LogP contribution in [0.1, 0.15) is 21.9 Å². The molecule has 2 aromatic rings. The number of rotatable bonds is 6. The van der Waals surface area contributed by atoms with E-state index in [9.17, 15) is 13.6 Å². The SMILES string of the molecule is O=C(N/N=C\c1ccc(CSC(F)F)o1)c1cccnc1. The number of carbonyl (C=O) groups is 1. The zero-order chi connectivity index (χ0) is 15.1.